The van der Waals surface area contributed by atoms with Crippen LogP contribution in [0.4, 0.5) is 5.69 Å². The van der Waals surface area contributed by atoms with Crippen molar-refractivity contribution in [3.05, 3.63) is 29.8 Å². The predicted molar refractivity (Wildman–Crippen MR) is 129 cm³/mol. The summed E-state index contributed by atoms with van der Waals surface area (Å²) in [6.07, 6.45) is 4.61. The lowest BCUT2D eigenvalue weighted by molar-refractivity contribution is -0.122. The Bertz CT molecular complexity index is 703. The first-order chi connectivity index (χ1) is 15.1. The summed E-state index contributed by atoms with van der Waals surface area (Å²) in [5.74, 6) is 1.81. The molecule has 1 aromatic carbocycles. The summed E-state index contributed by atoms with van der Waals surface area (Å²) < 4.78 is 0. The van der Waals surface area contributed by atoms with Crippen LogP contribution in [-0.2, 0) is 11.3 Å². The Kier molecular flexibility index (Phi) is 9.00. The van der Waals surface area contributed by atoms with Crippen LogP contribution in [0, 0.1) is 5.92 Å². The molecule has 3 rings (SSSR count). The highest BCUT2D eigenvalue weighted by Gasteiger charge is 2.21. The average Bonchev–Trinajstić information content (AvgIpc) is 2.80. The second kappa shape index (κ2) is 11.9. The molecular formula is C24H40N6O. The third kappa shape index (κ3) is 7.42. The van der Waals surface area contributed by atoms with Gasteiger partial charge in [-0.25, -0.2) is 4.99 Å². The highest BCUT2D eigenvalue weighted by molar-refractivity contribution is 5.80. The molecule has 0 aliphatic carbocycles. The maximum absolute atomic E-state index is 11.6. The molecule has 2 aliphatic rings. The molecule has 3 N–H and O–H groups in total. The number of rotatable bonds is 7. The molecule has 0 aromatic heterocycles. The van der Waals surface area contributed by atoms with Gasteiger partial charge in [0.15, 0.2) is 5.96 Å². The standard InChI is InChI=1S/C24H40N6O/c1-4-26-24(28-21-11-13-29(14-12-21)18-23(31)25-3)27-17-20-5-7-22(8-6-20)30-15-9-19(2)10-16-30/h5-8,19,21H,4,9-18H2,1-3H3,(H,25,31)(H2,26,27,28). The molecule has 7 nitrogen and oxygen atoms in total. The SMILES string of the molecule is CCNC(=NCc1ccc(N2CCC(C)CC2)cc1)NC1CCN(CC(=O)NC)CC1. The molecule has 2 heterocycles. The number of amides is 1. The van der Waals surface area contributed by atoms with E-state index in [1.165, 1.54) is 24.1 Å². The monoisotopic (exact) mass is 428 g/mol. The number of likely N-dealkylation sites (N-methyl/N-ethyl adjacent to an activating group) is 1. The molecule has 2 aliphatic heterocycles. The van der Waals surface area contributed by atoms with Crippen molar-refractivity contribution in [1.82, 2.24) is 20.9 Å². The minimum atomic E-state index is 0.0853. The number of piperidine rings is 2. The third-order valence-electron chi connectivity index (χ3n) is 6.42. The lowest BCUT2D eigenvalue weighted by Gasteiger charge is -2.32. The van der Waals surface area contributed by atoms with Gasteiger partial charge in [0.25, 0.3) is 0 Å². The molecule has 172 valence electrons. The molecule has 0 bridgehead atoms. The first-order valence-electron chi connectivity index (χ1n) is 11.9. The minimum absolute atomic E-state index is 0.0853. The molecule has 0 spiro atoms. The van der Waals surface area contributed by atoms with Crippen LogP contribution in [0.3, 0.4) is 0 Å². The van der Waals surface area contributed by atoms with Crippen molar-refractivity contribution in [2.24, 2.45) is 10.9 Å². The van der Waals surface area contributed by atoms with Gasteiger partial charge in [0, 0.05) is 51.5 Å². The highest BCUT2D eigenvalue weighted by Crippen LogP contribution is 2.23. The molecule has 0 unspecified atom stereocenters. The first kappa shape index (κ1) is 23.4. The Hall–Kier alpha value is -2.28. The number of nitrogens with one attached hydrogen (secondary N) is 3. The summed E-state index contributed by atoms with van der Waals surface area (Å²) in [6, 6.07) is 9.28. The Labute approximate surface area is 187 Å². The zero-order chi connectivity index (χ0) is 22.1. The summed E-state index contributed by atoms with van der Waals surface area (Å²) in [5, 5.41) is 9.66. The van der Waals surface area contributed by atoms with Gasteiger partial charge in [-0.05, 0) is 56.2 Å². The van der Waals surface area contributed by atoms with Gasteiger partial charge in [-0.3, -0.25) is 9.69 Å². The zero-order valence-electron chi connectivity index (χ0n) is 19.5. The largest absolute Gasteiger partial charge is 0.372 e. The lowest BCUT2D eigenvalue weighted by atomic mass is 9.99. The number of likely N-dealkylation sites (tertiary alicyclic amines) is 1. The summed E-state index contributed by atoms with van der Waals surface area (Å²) in [7, 11) is 1.69. The predicted octanol–water partition coefficient (Wildman–Crippen LogP) is 2.19. The van der Waals surface area contributed by atoms with Crippen LogP contribution in [-0.4, -0.2) is 69.1 Å². The van der Waals surface area contributed by atoms with Gasteiger partial charge in [-0.1, -0.05) is 19.1 Å². The molecule has 31 heavy (non-hydrogen) atoms. The maximum atomic E-state index is 11.6. The van der Waals surface area contributed by atoms with Crippen molar-refractivity contribution in [3.63, 3.8) is 0 Å². The van der Waals surface area contributed by atoms with Crippen molar-refractivity contribution in [2.75, 3.05) is 51.2 Å². The molecule has 1 aromatic rings. The van der Waals surface area contributed by atoms with Crippen LogP contribution < -0.4 is 20.9 Å². The van der Waals surface area contributed by atoms with E-state index >= 15 is 0 Å². The Morgan fingerprint density at radius 3 is 2.35 bits per heavy atom. The van der Waals surface area contributed by atoms with Crippen LogP contribution in [0.1, 0.15) is 45.1 Å². The molecular weight excluding hydrogens is 388 g/mol. The van der Waals surface area contributed by atoms with E-state index < -0.39 is 0 Å². The molecule has 0 radical (unpaired) electrons. The van der Waals surface area contributed by atoms with Crippen molar-refractivity contribution < 1.29 is 4.79 Å². The second-order valence-electron chi connectivity index (χ2n) is 8.90. The zero-order valence-corrected chi connectivity index (χ0v) is 19.5. The third-order valence-corrected chi connectivity index (χ3v) is 6.42. The van der Waals surface area contributed by atoms with Crippen molar-refractivity contribution in [2.45, 2.75) is 52.1 Å². The number of nitrogens with zero attached hydrogens (tertiary/aromatic N) is 3. The summed E-state index contributed by atoms with van der Waals surface area (Å²) in [4.78, 5) is 21.1. The van der Waals surface area contributed by atoms with E-state index in [0.717, 1.165) is 57.4 Å². The Balaban J connectivity index is 1.49. The second-order valence-corrected chi connectivity index (χ2v) is 8.90. The van der Waals surface area contributed by atoms with E-state index in [2.05, 4.69) is 63.9 Å². The number of benzene rings is 1. The van der Waals surface area contributed by atoms with E-state index in [4.69, 9.17) is 4.99 Å². The van der Waals surface area contributed by atoms with E-state index in [1.807, 2.05) is 0 Å². The summed E-state index contributed by atoms with van der Waals surface area (Å²) in [6.45, 7) is 10.6. The number of anilines is 1. The van der Waals surface area contributed by atoms with Gasteiger partial charge >= 0.3 is 0 Å². The van der Waals surface area contributed by atoms with Gasteiger partial charge in [0.1, 0.15) is 0 Å². The van der Waals surface area contributed by atoms with Crippen LogP contribution in [0.2, 0.25) is 0 Å². The average molecular weight is 429 g/mol. The van der Waals surface area contributed by atoms with E-state index in [1.54, 1.807) is 7.05 Å². The van der Waals surface area contributed by atoms with Crippen LogP contribution in [0.15, 0.2) is 29.3 Å². The van der Waals surface area contributed by atoms with Crippen LogP contribution >= 0.6 is 0 Å². The van der Waals surface area contributed by atoms with Crippen molar-refractivity contribution in [3.8, 4) is 0 Å². The van der Waals surface area contributed by atoms with Crippen molar-refractivity contribution in [1.29, 1.82) is 0 Å². The number of carbonyl (C=O) groups excluding carboxylic acids is 1. The number of guanidine groups is 1. The topological polar surface area (TPSA) is 72.0 Å². The first-order valence-corrected chi connectivity index (χ1v) is 11.9. The van der Waals surface area contributed by atoms with E-state index in [9.17, 15) is 4.79 Å². The van der Waals surface area contributed by atoms with Gasteiger partial charge in [0.2, 0.25) is 5.91 Å². The maximum Gasteiger partial charge on any atom is 0.233 e. The van der Waals surface area contributed by atoms with Gasteiger partial charge < -0.3 is 20.9 Å². The van der Waals surface area contributed by atoms with Gasteiger partial charge in [-0.15, -0.1) is 0 Å². The molecule has 1 amide bonds. The van der Waals surface area contributed by atoms with E-state index in [-0.39, 0.29) is 5.91 Å². The lowest BCUT2D eigenvalue weighted by Crippen LogP contribution is -2.50. The summed E-state index contributed by atoms with van der Waals surface area (Å²) in [5.41, 5.74) is 2.56. The minimum Gasteiger partial charge on any atom is -0.372 e. The van der Waals surface area contributed by atoms with Gasteiger partial charge in [0.05, 0.1) is 13.1 Å². The number of hydrogen-bond acceptors (Lipinski definition) is 4. The Morgan fingerprint density at radius 1 is 1.06 bits per heavy atom. The van der Waals surface area contributed by atoms with E-state index in [0.29, 0.717) is 19.1 Å². The fraction of sp³-hybridized carbons (Fsp3) is 0.667. The highest BCUT2D eigenvalue weighted by atomic mass is 16.1. The number of aliphatic imine (C=N–C) groups is 1. The van der Waals surface area contributed by atoms with Crippen LogP contribution in [0.5, 0.6) is 0 Å². The molecule has 7 heteroatoms. The molecule has 0 saturated carbocycles. The fourth-order valence-corrected chi connectivity index (χ4v) is 4.28. The van der Waals surface area contributed by atoms with Gasteiger partial charge in [-0.2, -0.15) is 0 Å². The normalized spacial score (nSPS) is 19.3. The summed E-state index contributed by atoms with van der Waals surface area (Å²) >= 11 is 0. The molecule has 2 saturated heterocycles. The quantitative estimate of drug-likeness (QED) is 0.459. The van der Waals surface area contributed by atoms with Crippen molar-refractivity contribution >= 4 is 17.6 Å². The smallest absolute Gasteiger partial charge is 0.233 e. The number of carbonyl (C=O) groups is 1. The molecule has 0 atom stereocenters. The Morgan fingerprint density at radius 2 is 1.74 bits per heavy atom. The molecule has 2 fully saturated rings. The number of hydrogen-bond donors (Lipinski definition) is 3. The fourth-order valence-electron chi connectivity index (χ4n) is 4.28. The van der Waals surface area contributed by atoms with Crippen LogP contribution in [0.25, 0.3) is 0 Å².